The van der Waals surface area contributed by atoms with Crippen LogP contribution in [0.4, 0.5) is 5.69 Å². The second kappa shape index (κ2) is 7.80. The zero-order valence-corrected chi connectivity index (χ0v) is 12.6. The average molecular weight is 285 g/mol. The number of rotatable bonds is 5. The third-order valence-corrected chi connectivity index (χ3v) is 4.17. The SMILES string of the molecule is CCC1CCCCN1CCC(=O)Nc1ccccc1C#N. The molecule has 0 aromatic heterocycles. The highest BCUT2D eigenvalue weighted by molar-refractivity contribution is 5.92. The van der Waals surface area contributed by atoms with Crippen molar-refractivity contribution < 1.29 is 4.79 Å². The Kier molecular flexibility index (Phi) is 5.77. The molecular formula is C17H23N3O. The first-order valence-electron chi connectivity index (χ1n) is 7.77. The van der Waals surface area contributed by atoms with Gasteiger partial charge in [-0.05, 0) is 37.9 Å². The normalized spacial score (nSPS) is 19.0. The summed E-state index contributed by atoms with van der Waals surface area (Å²) in [6, 6.07) is 9.83. The van der Waals surface area contributed by atoms with Crippen molar-refractivity contribution >= 4 is 11.6 Å². The lowest BCUT2D eigenvalue weighted by atomic mass is 10.00. The molecule has 1 heterocycles. The van der Waals surface area contributed by atoms with Gasteiger partial charge in [0, 0.05) is 19.0 Å². The highest BCUT2D eigenvalue weighted by atomic mass is 16.1. The molecular weight excluding hydrogens is 262 g/mol. The van der Waals surface area contributed by atoms with E-state index in [0.717, 1.165) is 19.5 Å². The molecule has 112 valence electrons. The number of hydrogen-bond acceptors (Lipinski definition) is 3. The standard InChI is InChI=1S/C17H23N3O/c1-2-15-8-5-6-11-20(15)12-10-17(21)19-16-9-4-3-7-14(16)13-18/h3-4,7,9,15H,2,5-6,8,10-12H2,1H3,(H,19,21). The average Bonchev–Trinajstić information content (AvgIpc) is 2.53. The van der Waals surface area contributed by atoms with Crippen LogP contribution in [-0.2, 0) is 4.79 Å². The zero-order chi connectivity index (χ0) is 15.1. The van der Waals surface area contributed by atoms with Gasteiger partial charge in [0.1, 0.15) is 6.07 Å². The van der Waals surface area contributed by atoms with Crippen LogP contribution < -0.4 is 5.32 Å². The molecule has 4 nitrogen and oxygen atoms in total. The van der Waals surface area contributed by atoms with Crippen molar-refractivity contribution in [2.45, 2.75) is 45.1 Å². The van der Waals surface area contributed by atoms with Crippen molar-refractivity contribution in [2.24, 2.45) is 0 Å². The van der Waals surface area contributed by atoms with Crippen molar-refractivity contribution in [3.05, 3.63) is 29.8 Å². The molecule has 1 unspecified atom stereocenters. The molecule has 0 saturated carbocycles. The van der Waals surface area contributed by atoms with E-state index in [1.807, 2.05) is 6.07 Å². The minimum absolute atomic E-state index is 0.0156. The monoisotopic (exact) mass is 285 g/mol. The van der Waals surface area contributed by atoms with Gasteiger partial charge in [-0.3, -0.25) is 9.69 Å². The van der Waals surface area contributed by atoms with E-state index in [1.165, 1.54) is 19.3 Å². The van der Waals surface area contributed by atoms with Crippen LogP contribution >= 0.6 is 0 Å². The van der Waals surface area contributed by atoms with E-state index in [4.69, 9.17) is 5.26 Å². The van der Waals surface area contributed by atoms with Gasteiger partial charge in [-0.2, -0.15) is 5.26 Å². The number of piperidine rings is 1. The Morgan fingerprint density at radius 2 is 2.24 bits per heavy atom. The van der Waals surface area contributed by atoms with E-state index in [-0.39, 0.29) is 5.91 Å². The van der Waals surface area contributed by atoms with Crippen molar-refractivity contribution in [3.63, 3.8) is 0 Å². The van der Waals surface area contributed by atoms with Crippen LogP contribution in [0.25, 0.3) is 0 Å². The van der Waals surface area contributed by atoms with Crippen LogP contribution in [0.15, 0.2) is 24.3 Å². The van der Waals surface area contributed by atoms with Gasteiger partial charge in [-0.1, -0.05) is 25.5 Å². The summed E-state index contributed by atoms with van der Waals surface area (Å²) in [6.07, 6.45) is 5.41. The van der Waals surface area contributed by atoms with Crippen molar-refractivity contribution in [1.82, 2.24) is 4.90 Å². The molecule has 21 heavy (non-hydrogen) atoms. The van der Waals surface area contributed by atoms with E-state index in [9.17, 15) is 4.79 Å². The molecule has 4 heteroatoms. The lowest BCUT2D eigenvalue weighted by Gasteiger charge is -2.35. The summed E-state index contributed by atoms with van der Waals surface area (Å²) in [5, 5.41) is 11.9. The van der Waals surface area contributed by atoms with Crippen LogP contribution in [0.1, 0.15) is 44.6 Å². The van der Waals surface area contributed by atoms with E-state index < -0.39 is 0 Å². The fourth-order valence-corrected chi connectivity index (χ4v) is 2.96. The lowest BCUT2D eigenvalue weighted by molar-refractivity contribution is -0.116. The van der Waals surface area contributed by atoms with Crippen LogP contribution in [0.2, 0.25) is 0 Å². The molecule has 1 aromatic carbocycles. The van der Waals surface area contributed by atoms with Gasteiger partial charge in [0.2, 0.25) is 5.91 Å². The molecule has 2 rings (SSSR count). The molecule has 1 aliphatic rings. The second-order valence-electron chi connectivity index (χ2n) is 5.55. The number of nitrogens with zero attached hydrogens (tertiary/aromatic N) is 2. The number of amides is 1. The van der Waals surface area contributed by atoms with E-state index in [2.05, 4.69) is 23.2 Å². The van der Waals surface area contributed by atoms with Gasteiger partial charge in [-0.25, -0.2) is 0 Å². The van der Waals surface area contributed by atoms with Crippen LogP contribution in [0.3, 0.4) is 0 Å². The highest BCUT2D eigenvalue weighted by Gasteiger charge is 2.21. The fourth-order valence-electron chi connectivity index (χ4n) is 2.96. The van der Waals surface area contributed by atoms with Gasteiger partial charge < -0.3 is 5.32 Å². The molecule has 0 spiro atoms. The van der Waals surface area contributed by atoms with Crippen molar-refractivity contribution in [2.75, 3.05) is 18.4 Å². The maximum atomic E-state index is 12.1. The first-order valence-corrected chi connectivity index (χ1v) is 7.77. The van der Waals surface area contributed by atoms with E-state index >= 15 is 0 Å². The summed E-state index contributed by atoms with van der Waals surface area (Å²) in [4.78, 5) is 14.5. The van der Waals surface area contributed by atoms with Crippen molar-refractivity contribution in [3.8, 4) is 6.07 Å². The Balaban J connectivity index is 1.86. The van der Waals surface area contributed by atoms with Gasteiger partial charge in [0.15, 0.2) is 0 Å². The second-order valence-corrected chi connectivity index (χ2v) is 5.55. The first-order chi connectivity index (χ1) is 10.2. The summed E-state index contributed by atoms with van der Waals surface area (Å²) in [5.41, 5.74) is 1.12. The zero-order valence-electron chi connectivity index (χ0n) is 12.6. The summed E-state index contributed by atoms with van der Waals surface area (Å²) in [6.45, 7) is 4.12. The predicted octanol–water partition coefficient (Wildman–Crippen LogP) is 3.15. The molecule has 1 fully saturated rings. The molecule has 1 atom stereocenters. The highest BCUT2D eigenvalue weighted by Crippen LogP contribution is 2.20. The number of para-hydroxylation sites is 1. The maximum absolute atomic E-state index is 12.1. The molecule has 0 radical (unpaired) electrons. The quantitative estimate of drug-likeness (QED) is 0.904. The van der Waals surface area contributed by atoms with Crippen LogP contribution in [0, 0.1) is 11.3 Å². The Morgan fingerprint density at radius 1 is 1.43 bits per heavy atom. The third kappa shape index (κ3) is 4.30. The number of anilines is 1. The topological polar surface area (TPSA) is 56.1 Å². The molecule has 0 bridgehead atoms. The number of likely N-dealkylation sites (tertiary alicyclic amines) is 1. The fraction of sp³-hybridized carbons (Fsp3) is 0.529. The van der Waals surface area contributed by atoms with Gasteiger partial charge >= 0.3 is 0 Å². The predicted molar refractivity (Wildman–Crippen MR) is 83.9 cm³/mol. The summed E-state index contributed by atoms with van der Waals surface area (Å²) >= 11 is 0. The lowest BCUT2D eigenvalue weighted by Crippen LogP contribution is -2.40. The number of nitrogens with one attached hydrogen (secondary N) is 1. The number of carbonyl (C=O) groups excluding carboxylic acids is 1. The maximum Gasteiger partial charge on any atom is 0.225 e. The first kappa shape index (κ1) is 15.5. The van der Waals surface area contributed by atoms with Gasteiger partial charge in [-0.15, -0.1) is 0 Å². The molecule has 1 amide bonds. The molecule has 1 saturated heterocycles. The van der Waals surface area contributed by atoms with E-state index in [1.54, 1.807) is 18.2 Å². The largest absolute Gasteiger partial charge is 0.325 e. The molecule has 1 aromatic rings. The minimum Gasteiger partial charge on any atom is -0.325 e. The Bertz CT molecular complexity index is 521. The van der Waals surface area contributed by atoms with Gasteiger partial charge in [0.25, 0.3) is 0 Å². The van der Waals surface area contributed by atoms with E-state index in [0.29, 0.717) is 23.7 Å². The summed E-state index contributed by atoms with van der Waals surface area (Å²) in [7, 11) is 0. The number of hydrogen-bond donors (Lipinski definition) is 1. The Labute approximate surface area is 126 Å². The third-order valence-electron chi connectivity index (χ3n) is 4.17. The van der Waals surface area contributed by atoms with Crippen molar-refractivity contribution in [1.29, 1.82) is 5.26 Å². The summed E-state index contributed by atoms with van der Waals surface area (Å²) in [5.74, 6) is -0.0156. The Morgan fingerprint density at radius 3 is 3.00 bits per heavy atom. The Hall–Kier alpha value is -1.86. The number of nitriles is 1. The van der Waals surface area contributed by atoms with Crippen LogP contribution in [-0.4, -0.2) is 29.9 Å². The molecule has 1 aliphatic heterocycles. The summed E-state index contributed by atoms with van der Waals surface area (Å²) < 4.78 is 0. The van der Waals surface area contributed by atoms with Crippen LogP contribution in [0.5, 0.6) is 0 Å². The smallest absolute Gasteiger partial charge is 0.225 e. The number of carbonyl (C=O) groups is 1. The molecule has 0 aliphatic carbocycles. The minimum atomic E-state index is -0.0156. The van der Waals surface area contributed by atoms with Gasteiger partial charge in [0.05, 0.1) is 11.3 Å². The number of benzene rings is 1. The molecule has 1 N–H and O–H groups in total.